The summed E-state index contributed by atoms with van der Waals surface area (Å²) in [5.41, 5.74) is 8.22. The van der Waals surface area contributed by atoms with Gasteiger partial charge in [-0.1, -0.05) is 12.1 Å². The van der Waals surface area contributed by atoms with E-state index in [4.69, 9.17) is 16.3 Å². The fourth-order valence-electron chi connectivity index (χ4n) is 1.26. The Bertz CT molecular complexity index is 410. The van der Waals surface area contributed by atoms with Crippen LogP contribution >= 0.6 is 0 Å². The van der Waals surface area contributed by atoms with Gasteiger partial charge in [-0.25, -0.2) is 0 Å². The maximum Gasteiger partial charge on any atom is 0.0994 e. The summed E-state index contributed by atoms with van der Waals surface area (Å²) in [7, 11) is 0. The summed E-state index contributed by atoms with van der Waals surface area (Å²) in [6.45, 7) is 1.86. The van der Waals surface area contributed by atoms with Crippen molar-refractivity contribution >= 4 is 0 Å². The highest BCUT2D eigenvalue weighted by molar-refractivity contribution is 5.40. The van der Waals surface area contributed by atoms with Gasteiger partial charge >= 0.3 is 0 Å². The molecule has 1 atom stereocenters. The molecule has 0 aliphatic carbocycles. The molecule has 0 aliphatic rings. The summed E-state index contributed by atoms with van der Waals surface area (Å²) in [6.07, 6.45) is 0.297. The average Bonchev–Trinajstić information content (AvgIpc) is 2.18. The molecule has 1 rings (SSSR count). The molecule has 0 fully saturated rings. The summed E-state index contributed by atoms with van der Waals surface area (Å²) < 4.78 is 0. The second kappa shape index (κ2) is 4.41. The van der Waals surface area contributed by atoms with Crippen LogP contribution in [0.1, 0.15) is 29.2 Å². The molecule has 0 saturated heterocycles. The molecule has 0 aliphatic heterocycles. The maximum absolute atomic E-state index is 8.72. The molecular formula is C11H11N3. The van der Waals surface area contributed by atoms with Gasteiger partial charge in [0.2, 0.25) is 0 Å². The van der Waals surface area contributed by atoms with Crippen LogP contribution in [0, 0.1) is 29.6 Å². The van der Waals surface area contributed by atoms with E-state index in [1.165, 1.54) is 0 Å². The van der Waals surface area contributed by atoms with Crippen molar-refractivity contribution in [3.63, 3.8) is 0 Å². The van der Waals surface area contributed by atoms with Gasteiger partial charge in [-0.05, 0) is 24.1 Å². The predicted octanol–water partition coefficient (Wildman–Crippen LogP) is 1.78. The van der Waals surface area contributed by atoms with Crippen molar-refractivity contribution in [3.8, 4) is 12.1 Å². The lowest BCUT2D eigenvalue weighted by molar-refractivity contribution is 0.747. The first-order chi connectivity index (χ1) is 6.69. The van der Waals surface area contributed by atoms with Crippen molar-refractivity contribution in [1.29, 1.82) is 10.5 Å². The molecule has 0 saturated carbocycles. The van der Waals surface area contributed by atoms with Gasteiger partial charge in [0, 0.05) is 6.04 Å². The molecule has 2 N–H and O–H groups in total. The summed E-state index contributed by atoms with van der Waals surface area (Å²) in [5, 5.41) is 17.2. The van der Waals surface area contributed by atoms with Crippen LogP contribution in [-0.2, 0) is 0 Å². The number of nitrogens with two attached hydrogens (primary N) is 1. The number of benzene rings is 1. The Morgan fingerprint density at radius 3 is 2.64 bits per heavy atom. The van der Waals surface area contributed by atoms with E-state index in [9.17, 15) is 0 Å². The minimum Gasteiger partial charge on any atom is -0.323 e. The van der Waals surface area contributed by atoms with Crippen LogP contribution in [-0.4, -0.2) is 0 Å². The van der Waals surface area contributed by atoms with Gasteiger partial charge in [-0.2, -0.15) is 10.5 Å². The molecule has 3 nitrogen and oxygen atoms in total. The monoisotopic (exact) mass is 185 g/mol. The quantitative estimate of drug-likeness (QED) is 0.763. The van der Waals surface area contributed by atoms with E-state index >= 15 is 0 Å². The van der Waals surface area contributed by atoms with E-state index in [1.807, 2.05) is 19.1 Å². The zero-order valence-electron chi connectivity index (χ0n) is 7.99. The molecule has 0 aromatic heterocycles. The Kier molecular flexibility index (Phi) is 3.23. The van der Waals surface area contributed by atoms with Gasteiger partial charge in [0.1, 0.15) is 0 Å². The Morgan fingerprint density at radius 1 is 1.43 bits per heavy atom. The number of nitriles is 2. The van der Waals surface area contributed by atoms with Crippen LogP contribution in [0.5, 0.6) is 0 Å². The van der Waals surface area contributed by atoms with Crippen molar-refractivity contribution in [2.24, 2.45) is 5.73 Å². The third-order valence-electron chi connectivity index (χ3n) is 2.11. The van der Waals surface area contributed by atoms with Crippen molar-refractivity contribution < 1.29 is 0 Å². The van der Waals surface area contributed by atoms with E-state index < -0.39 is 0 Å². The van der Waals surface area contributed by atoms with Crippen molar-refractivity contribution in [3.05, 3.63) is 34.9 Å². The van der Waals surface area contributed by atoms with E-state index in [-0.39, 0.29) is 6.04 Å². The maximum atomic E-state index is 8.72. The Labute approximate surface area is 83.4 Å². The summed E-state index contributed by atoms with van der Waals surface area (Å²) in [5.74, 6) is 0. The third kappa shape index (κ3) is 2.10. The van der Waals surface area contributed by atoms with Gasteiger partial charge in [-0.3, -0.25) is 0 Å². The number of rotatable bonds is 2. The van der Waals surface area contributed by atoms with E-state index in [1.54, 1.807) is 12.1 Å². The Morgan fingerprint density at radius 2 is 2.14 bits per heavy atom. The second-order valence-electron chi connectivity index (χ2n) is 3.15. The van der Waals surface area contributed by atoms with Crippen LogP contribution in [0.3, 0.4) is 0 Å². The zero-order valence-corrected chi connectivity index (χ0v) is 7.99. The van der Waals surface area contributed by atoms with E-state index in [2.05, 4.69) is 6.07 Å². The van der Waals surface area contributed by atoms with Gasteiger partial charge in [-0.15, -0.1) is 0 Å². The summed E-state index contributed by atoms with van der Waals surface area (Å²) in [4.78, 5) is 0. The molecule has 0 bridgehead atoms. The Hall–Kier alpha value is -1.84. The third-order valence-corrected chi connectivity index (χ3v) is 2.11. The van der Waals surface area contributed by atoms with Crippen LogP contribution in [0.4, 0.5) is 0 Å². The van der Waals surface area contributed by atoms with Crippen LogP contribution in [0.25, 0.3) is 0 Å². The van der Waals surface area contributed by atoms with Crippen molar-refractivity contribution in [2.75, 3.05) is 0 Å². The number of aryl methyl sites for hydroxylation is 1. The molecule has 70 valence electrons. The van der Waals surface area contributed by atoms with Crippen molar-refractivity contribution in [2.45, 2.75) is 19.4 Å². The highest BCUT2D eigenvalue weighted by Gasteiger charge is 2.06. The molecule has 1 aromatic rings. The number of nitrogens with zero attached hydrogens (tertiary/aromatic N) is 2. The molecule has 1 aromatic carbocycles. The van der Waals surface area contributed by atoms with Crippen LogP contribution in [0.2, 0.25) is 0 Å². The van der Waals surface area contributed by atoms with Gasteiger partial charge < -0.3 is 5.73 Å². The highest BCUT2D eigenvalue weighted by atomic mass is 14.6. The van der Waals surface area contributed by atoms with E-state index in [0.29, 0.717) is 12.0 Å². The highest BCUT2D eigenvalue weighted by Crippen LogP contribution is 2.17. The average molecular weight is 185 g/mol. The second-order valence-corrected chi connectivity index (χ2v) is 3.15. The zero-order chi connectivity index (χ0) is 10.6. The normalized spacial score (nSPS) is 11.4. The van der Waals surface area contributed by atoms with Crippen LogP contribution in [0.15, 0.2) is 18.2 Å². The smallest absolute Gasteiger partial charge is 0.0994 e. The molecular weight excluding hydrogens is 174 g/mol. The lowest BCUT2D eigenvalue weighted by Crippen LogP contribution is -2.09. The molecule has 3 heteroatoms. The first-order valence-electron chi connectivity index (χ1n) is 4.32. The topological polar surface area (TPSA) is 73.6 Å². The molecule has 0 heterocycles. The lowest BCUT2D eigenvalue weighted by atomic mass is 10.00. The molecule has 0 amide bonds. The predicted molar refractivity (Wildman–Crippen MR) is 53.1 cm³/mol. The fraction of sp³-hybridized carbons (Fsp3) is 0.273. The van der Waals surface area contributed by atoms with Crippen LogP contribution < -0.4 is 5.73 Å². The molecule has 14 heavy (non-hydrogen) atoms. The first-order valence-corrected chi connectivity index (χ1v) is 4.32. The first kappa shape index (κ1) is 10.2. The standard InChI is InChI=1S/C11H11N3/c1-8-6-9(11(14)4-5-12)2-3-10(8)7-13/h2-3,6,11H,4,14H2,1H3/t11-/m1/s1. The number of hydrogen-bond donors (Lipinski definition) is 1. The van der Waals surface area contributed by atoms with Gasteiger partial charge in [0.15, 0.2) is 0 Å². The minimum absolute atomic E-state index is 0.258. The number of hydrogen-bond acceptors (Lipinski definition) is 3. The van der Waals surface area contributed by atoms with Gasteiger partial charge in [0.25, 0.3) is 0 Å². The Balaban J connectivity index is 2.99. The largest absolute Gasteiger partial charge is 0.323 e. The molecule has 0 radical (unpaired) electrons. The fourth-order valence-corrected chi connectivity index (χ4v) is 1.26. The lowest BCUT2D eigenvalue weighted by Gasteiger charge is -2.08. The summed E-state index contributed by atoms with van der Waals surface area (Å²) in [6, 6.07) is 9.25. The van der Waals surface area contributed by atoms with Gasteiger partial charge in [0.05, 0.1) is 24.1 Å². The SMILES string of the molecule is Cc1cc([C@H](N)CC#N)ccc1C#N. The summed E-state index contributed by atoms with van der Waals surface area (Å²) >= 11 is 0. The molecule has 0 unspecified atom stereocenters. The van der Waals surface area contributed by atoms with Crippen molar-refractivity contribution in [1.82, 2.24) is 0 Å². The minimum atomic E-state index is -0.258. The molecule has 0 spiro atoms. The van der Waals surface area contributed by atoms with E-state index in [0.717, 1.165) is 11.1 Å².